The molecule has 0 spiro atoms. The van der Waals surface area contributed by atoms with Gasteiger partial charge in [-0.25, -0.2) is 4.39 Å². The monoisotopic (exact) mass is 391 g/mol. The Morgan fingerprint density at radius 2 is 2.00 bits per heavy atom. The van der Waals surface area contributed by atoms with Gasteiger partial charge in [-0.15, -0.1) is 0 Å². The average molecular weight is 392 g/mol. The highest BCUT2D eigenvalue weighted by Crippen LogP contribution is 2.21. The first kappa shape index (κ1) is 20.9. The summed E-state index contributed by atoms with van der Waals surface area (Å²) in [6.07, 6.45) is 0. The van der Waals surface area contributed by atoms with Gasteiger partial charge in [0.25, 0.3) is 0 Å². The first-order valence-corrected chi connectivity index (χ1v) is 10.2. The van der Waals surface area contributed by atoms with Crippen molar-refractivity contribution in [3.63, 3.8) is 0 Å². The van der Waals surface area contributed by atoms with Crippen LogP contribution in [0.15, 0.2) is 53.5 Å². The minimum absolute atomic E-state index is 0.147. The minimum atomic E-state index is -0.954. The number of halogens is 1. The molecule has 0 aliphatic heterocycles. The summed E-state index contributed by atoms with van der Waals surface area (Å²) in [5.74, 6) is 1.45. The third-order valence-electron chi connectivity index (χ3n) is 4.05. The highest BCUT2D eigenvalue weighted by Gasteiger charge is 2.11. The summed E-state index contributed by atoms with van der Waals surface area (Å²) >= 11 is 0. The van der Waals surface area contributed by atoms with Gasteiger partial charge in [0, 0.05) is 35.9 Å². The van der Waals surface area contributed by atoms with E-state index in [1.54, 1.807) is 13.1 Å². The zero-order chi connectivity index (χ0) is 19.6. The van der Waals surface area contributed by atoms with Crippen LogP contribution in [0.25, 0.3) is 0 Å². The standard InChI is InChI=1S/C20H26FN3O2S/c1-15(17-9-10-19(26-3)18(21)13-17)24-20(22-2)23-11-12-27(25)14-16-7-5-4-6-8-16/h4-10,13,15H,11-12,14H2,1-3H3,(H2,22,23,24). The molecule has 146 valence electrons. The topological polar surface area (TPSA) is 62.7 Å². The summed E-state index contributed by atoms with van der Waals surface area (Å²) in [4.78, 5) is 4.17. The van der Waals surface area contributed by atoms with Crippen molar-refractivity contribution in [2.24, 2.45) is 4.99 Å². The highest BCUT2D eigenvalue weighted by molar-refractivity contribution is 7.84. The zero-order valence-electron chi connectivity index (χ0n) is 15.9. The Morgan fingerprint density at radius 1 is 1.26 bits per heavy atom. The lowest BCUT2D eigenvalue weighted by atomic mass is 10.1. The molecule has 2 N–H and O–H groups in total. The largest absolute Gasteiger partial charge is 0.494 e. The second kappa shape index (κ2) is 10.7. The van der Waals surface area contributed by atoms with E-state index in [2.05, 4.69) is 15.6 Å². The van der Waals surface area contributed by atoms with Crippen molar-refractivity contribution < 1.29 is 13.3 Å². The van der Waals surface area contributed by atoms with Crippen molar-refractivity contribution in [1.29, 1.82) is 0 Å². The maximum atomic E-state index is 13.9. The van der Waals surface area contributed by atoms with Gasteiger partial charge in [-0.2, -0.15) is 0 Å². The number of methoxy groups -OCH3 is 1. The van der Waals surface area contributed by atoms with Crippen LogP contribution in [0.3, 0.4) is 0 Å². The number of rotatable bonds is 8. The summed E-state index contributed by atoms with van der Waals surface area (Å²) < 4.78 is 31.0. The number of ether oxygens (including phenoxy) is 1. The zero-order valence-corrected chi connectivity index (χ0v) is 16.7. The van der Waals surface area contributed by atoms with E-state index < -0.39 is 16.6 Å². The van der Waals surface area contributed by atoms with E-state index in [0.717, 1.165) is 11.1 Å². The molecule has 0 aromatic heterocycles. The molecule has 0 amide bonds. The fraction of sp³-hybridized carbons (Fsp3) is 0.350. The van der Waals surface area contributed by atoms with Gasteiger partial charge >= 0.3 is 0 Å². The van der Waals surface area contributed by atoms with E-state index in [-0.39, 0.29) is 11.8 Å². The van der Waals surface area contributed by atoms with E-state index in [9.17, 15) is 8.60 Å². The molecule has 0 fully saturated rings. The van der Waals surface area contributed by atoms with Crippen molar-refractivity contribution in [1.82, 2.24) is 10.6 Å². The van der Waals surface area contributed by atoms with Crippen molar-refractivity contribution in [2.45, 2.75) is 18.7 Å². The van der Waals surface area contributed by atoms with Gasteiger partial charge in [0.05, 0.1) is 13.2 Å². The molecule has 2 unspecified atom stereocenters. The van der Waals surface area contributed by atoms with Crippen LogP contribution >= 0.6 is 0 Å². The molecule has 0 aliphatic carbocycles. The van der Waals surface area contributed by atoms with Crippen LogP contribution in [0.5, 0.6) is 5.75 Å². The summed E-state index contributed by atoms with van der Waals surface area (Å²) in [5, 5.41) is 6.35. The smallest absolute Gasteiger partial charge is 0.191 e. The van der Waals surface area contributed by atoms with E-state index in [1.165, 1.54) is 13.2 Å². The van der Waals surface area contributed by atoms with Crippen LogP contribution in [0.4, 0.5) is 4.39 Å². The van der Waals surface area contributed by atoms with Crippen LogP contribution in [0, 0.1) is 5.82 Å². The van der Waals surface area contributed by atoms with Crippen molar-refractivity contribution in [3.05, 3.63) is 65.5 Å². The van der Waals surface area contributed by atoms with Gasteiger partial charge in [-0.3, -0.25) is 9.20 Å². The quantitative estimate of drug-likeness (QED) is 0.536. The molecule has 2 aromatic rings. The normalized spacial score (nSPS) is 13.7. The molecule has 7 heteroatoms. The number of nitrogens with one attached hydrogen (secondary N) is 2. The molecule has 27 heavy (non-hydrogen) atoms. The summed E-state index contributed by atoms with van der Waals surface area (Å²) in [7, 11) is 2.15. The molecule has 0 heterocycles. The van der Waals surface area contributed by atoms with Gasteiger partial charge < -0.3 is 15.4 Å². The van der Waals surface area contributed by atoms with E-state index in [0.29, 0.717) is 24.0 Å². The number of guanidine groups is 1. The molecule has 5 nitrogen and oxygen atoms in total. The summed E-state index contributed by atoms with van der Waals surface area (Å²) in [5.41, 5.74) is 1.84. The minimum Gasteiger partial charge on any atom is -0.494 e. The molecule has 0 aliphatic rings. The lowest BCUT2D eigenvalue weighted by Crippen LogP contribution is -2.40. The Hall–Kier alpha value is -2.41. The Kier molecular flexibility index (Phi) is 8.26. The number of nitrogens with zero attached hydrogens (tertiary/aromatic N) is 1. The highest BCUT2D eigenvalue weighted by atomic mass is 32.2. The van der Waals surface area contributed by atoms with E-state index in [1.807, 2.05) is 43.3 Å². The van der Waals surface area contributed by atoms with Crippen LogP contribution in [0.1, 0.15) is 24.1 Å². The maximum absolute atomic E-state index is 13.9. The average Bonchev–Trinajstić information content (AvgIpc) is 2.67. The second-order valence-corrected chi connectivity index (χ2v) is 7.61. The number of benzene rings is 2. The third kappa shape index (κ3) is 6.67. The van der Waals surface area contributed by atoms with Crippen molar-refractivity contribution in [3.8, 4) is 5.75 Å². The molecular weight excluding hydrogens is 365 g/mol. The molecule has 2 aromatic carbocycles. The predicted molar refractivity (Wildman–Crippen MR) is 109 cm³/mol. The van der Waals surface area contributed by atoms with Gasteiger partial charge in [0.15, 0.2) is 17.5 Å². The van der Waals surface area contributed by atoms with Gasteiger partial charge in [-0.1, -0.05) is 36.4 Å². The Balaban J connectivity index is 1.81. The molecule has 0 bridgehead atoms. The number of hydrogen-bond acceptors (Lipinski definition) is 3. The first-order chi connectivity index (χ1) is 13.0. The maximum Gasteiger partial charge on any atom is 0.191 e. The second-order valence-electron chi connectivity index (χ2n) is 6.03. The Labute approximate surface area is 162 Å². The van der Waals surface area contributed by atoms with Crippen LogP contribution < -0.4 is 15.4 Å². The molecular formula is C20H26FN3O2S. The number of hydrogen-bond donors (Lipinski definition) is 2. The molecule has 0 saturated carbocycles. The van der Waals surface area contributed by atoms with E-state index >= 15 is 0 Å². The van der Waals surface area contributed by atoms with Gasteiger partial charge in [0.2, 0.25) is 0 Å². The van der Waals surface area contributed by atoms with Crippen molar-refractivity contribution >= 4 is 16.8 Å². The Bertz CT molecular complexity index is 784. The summed E-state index contributed by atoms with van der Waals surface area (Å²) in [6.45, 7) is 2.45. The first-order valence-electron chi connectivity index (χ1n) is 8.73. The van der Waals surface area contributed by atoms with Crippen molar-refractivity contribution in [2.75, 3.05) is 26.5 Å². The lowest BCUT2D eigenvalue weighted by molar-refractivity contribution is 0.386. The van der Waals surface area contributed by atoms with Crippen LogP contribution in [-0.2, 0) is 16.6 Å². The lowest BCUT2D eigenvalue weighted by Gasteiger charge is -2.18. The number of aliphatic imine (C=N–C) groups is 1. The molecule has 0 saturated heterocycles. The fourth-order valence-electron chi connectivity index (χ4n) is 2.55. The van der Waals surface area contributed by atoms with Crippen LogP contribution in [0.2, 0.25) is 0 Å². The van der Waals surface area contributed by atoms with Crippen LogP contribution in [-0.4, -0.2) is 36.6 Å². The summed E-state index contributed by atoms with van der Waals surface area (Å²) in [6, 6.07) is 14.5. The van der Waals surface area contributed by atoms with E-state index in [4.69, 9.17) is 4.74 Å². The Morgan fingerprint density at radius 3 is 2.63 bits per heavy atom. The SMILES string of the molecule is CN=C(NCCS(=O)Cc1ccccc1)NC(C)c1ccc(OC)c(F)c1. The molecule has 0 radical (unpaired) electrons. The van der Waals surface area contributed by atoms with Gasteiger partial charge in [-0.05, 0) is 30.2 Å². The van der Waals surface area contributed by atoms with Gasteiger partial charge in [0.1, 0.15) is 0 Å². The predicted octanol–water partition coefficient (Wildman–Crippen LogP) is 3.01. The fourth-order valence-corrected chi connectivity index (χ4v) is 3.59. The molecule has 2 rings (SSSR count). The third-order valence-corrected chi connectivity index (χ3v) is 5.36. The molecule has 2 atom stereocenters.